The highest BCUT2D eigenvalue weighted by atomic mass is 35.5. The standard InChI is InChI=1S/C29H30ClFN4O2/c1-19(2)26(34(15-7-14-32)28(36)21-10-6-11-23(31)16-21)27-33-25-17-22(30)12-13-24(25)29(37)35(27)18-20-8-4-3-5-9-20/h3-6,8-13,16-17,19,26H,7,14-15,18,32H2,1-2H3/t26-/m0/s1. The van der Waals surface area contributed by atoms with Gasteiger partial charge in [-0.3, -0.25) is 14.2 Å². The van der Waals surface area contributed by atoms with Gasteiger partial charge in [0.1, 0.15) is 11.6 Å². The first-order chi connectivity index (χ1) is 17.8. The Balaban J connectivity index is 1.94. The summed E-state index contributed by atoms with van der Waals surface area (Å²) in [5.74, 6) is -0.523. The molecule has 0 bridgehead atoms. The van der Waals surface area contributed by atoms with Crippen LogP contribution in [0.5, 0.6) is 0 Å². The summed E-state index contributed by atoms with van der Waals surface area (Å²) in [6.45, 7) is 4.92. The Bertz CT molecular complexity index is 1460. The summed E-state index contributed by atoms with van der Waals surface area (Å²) in [7, 11) is 0. The van der Waals surface area contributed by atoms with Crippen molar-refractivity contribution in [2.75, 3.05) is 13.1 Å². The third kappa shape index (κ3) is 5.89. The van der Waals surface area contributed by atoms with Crippen molar-refractivity contribution in [1.29, 1.82) is 0 Å². The Morgan fingerprint density at radius 3 is 2.51 bits per heavy atom. The summed E-state index contributed by atoms with van der Waals surface area (Å²) in [4.78, 5) is 34.2. The fourth-order valence-corrected chi connectivity index (χ4v) is 4.74. The van der Waals surface area contributed by atoms with Gasteiger partial charge in [0.25, 0.3) is 11.5 Å². The topological polar surface area (TPSA) is 81.2 Å². The van der Waals surface area contributed by atoms with E-state index in [0.29, 0.717) is 41.3 Å². The van der Waals surface area contributed by atoms with Crippen LogP contribution in [0.2, 0.25) is 5.02 Å². The molecule has 0 fully saturated rings. The summed E-state index contributed by atoms with van der Waals surface area (Å²) in [6, 6.07) is 19.7. The molecule has 192 valence electrons. The van der Waals surface area contributed by atoms with Crippen LogP contribution in [0.15, 0.2) is 77.6 Å². The zero-order valence-electron chi connectivity index (χ0n) is 20.9. The van der Waals surface area contributed by atoms with Crippen molar-refractivity contribution in [1.82, 2.24) is 14.5 Å². The SMILES string of the molecule is CC(C)[C@@H](c1nc2cc(Cl)ccc2c(=O)n1Cc1ccccc1)N(CCCN)C(=O)c1cccc(F)c1. The van der Waals surface area contributed by atoms with Crippen molar-refractivity contribution < 1.29 is 9.18 Å². The largest absolute Gasteiger partial charge is 0.330 e. The molecule has 6 nitrogen and oxygen atoms in total. The van der Waals surface area contributed by atoms with E-state index in [0.717, 1.165) is 5.56 Å². The van der Waals surface area contributed by atoms with Gasteiger partial charge < -0.3 is 10.6 Å². The van der Waals surface area contributed by atoms with E-state index in [1.807, 2.05) is 44.2 Å². The second-order valence-corrected chi connectivity index (χ2v) is 9.78. The van der Waals surface area contributed by atoms with E-state index >= 15 is 0 Å². The summed E-state index contributed by atoms with van der Waals surface area (Å²) >= 11 is 6.25. The van der Waals surface area contributed by atoms with Gasteiger partial charge in [-0.15, -0.1) is 0 Å². The van der Waals surface area contributed by atoms with Crippen LogP contribution in [0.4, 0.5) is 4.39 Å². The number of nitrogens with two attached hydrogens (primary N) is 1. The summed E-state index contributed by atoms with van der Waals surface area (Å²) in [5, 5.41) is 0.902. The predicted octanol–water partition coefficient (Wildman–Crippen LogP) is 5.43. The number of fused-ring (bicyclic) bond motifs is 1. The van der Waals surface area contributed by atoms with Gasteiger partial charge in [-0.05, 0) is 60.8 Å². The summed E-state index contributed by atoms with van der Waals surface area (Å²) in [6.07, 6.45) is 0.534. The minimum absolute atomic E-state index is 0.124. The van der Waals surface area contributed by atoms with E-state index in [-0.39, 0.29) is 29.5 Å². The fourth-order valence-electron chi connectivity index (χ4n) is 4.57. The molecule has 2 N–H and O–H groups in total. The third-order valence-corrected chi connectivity index (χ3v) is 6.53. The van der Waals surface area contributed by atoms with Crippen LogP contribution in [-0.4, -0.2) is 33.4 Å². The molecule has 37 heavy (non-hydrogen) atoms. The van der Waals surface area contributed by atoms with Crippen molar-refractivity contribution in [2.45, 2.75) is 32.9 Å². The van der Waals surface area contributed by atoms with Gasteiger partial charge in [0, 0.05) is 17.1 Å². The number of aromatic nitrogens is 2. The van der Waals surface area contributed by atoms with Gasteiger partial charge in [0.2, 0.25) is 0 Å². The maximum absolute atomic E-state index is 14.0. The monoisotopic (exact) mass is 520 g/mol. The molecule has 0 aliphatic rings. The molecule has 0 aliphatic carbocycles. The first-order valence-electron chi connectivity index (χ1n) is 12.3. The molecule has 3 aromatic carbocycles. The smallest absolute Gasteiger partial charge is 0.261 e. The molecule has 1 amide bonds. The summed E-state index contributed by atoms with van der Waals surface area (Å²) in [5.41, 5.74) is 7.21. The lowest BCUT2D eigenvalue weighted by molar-refractivity contribution is 0.0602. The normalized spacial score (nSPS) is 12.2. The molecule has 0 saturated heterocycles. The van der Waals surface area contributed by atoms with E-state index in [1.165, 1.54) is 18.2 Å². The highest BCUT2D eigenvalue weighted by molar-refractivity contribution is 6.31. The van der Waals surface area contributed by atoms with Crippen LogP contribution in [-0.2, 0) is 6.54 Å². The lowest BCUT2D eigenvalue weighted by Gasteiger charge is -2.35. The number of hydrogen-bond acceptors (Lipinski definition) is 4. The fraction of sp³-hybridized carbons (Fsp3) is 0.276. The van der Waals surface area contributed by atoms with Gasteiger partial charge in [-0.2, -0.15) is 0 Å². The zero-order valence-corrected chi connectivity index (χ0v) is 21.7. The molecule has 8 heteroatoms. The van der Waals surface area contributed by atoms with Crippen LogP contribution >= 0.6 is 11.6 Å². The van der Waals surface area contributed by atoms with Gasteiger partial charge in [0.05, 0.1) is 23.5 Å². The number of amides is 1. The molecule has 0 radical (unpaired) electrons. The van der Waals surface area contributed by atoms with E-state index in [4.69, 9.17) is 22.3 Å². The number of carbonyl (C=O) groups is 1. The van der Waals surface area contributed by atoms with Crippen LogP contribution in [0, 0.1) is 11.7 Å². The lowest BCUT2D eigenvalue weighted by Crippen LogP contribution is -2.42. The minimum Gasteiger partial charge on any atom is -0.330 e. The van der Waals surface area contributed by atoms with Crippen LogP contribution < -0.4 is 11.3 Å². The quantitative estimate of drug-likeness (QED) is 0.319. The molecule has 4 rings (SSSR count). The highest BCUT2D eigenvalue weighted by Gasteiger charge is 2.32. The van der Waals surface area contributed by atoms with Crippen molar-refractivity contribution >= 4 is 28.4 Å². The molecule has 4 aromatic rings. The number of benzene rings is 3. The Kier molecular flexibility index (Phi) is 8.36. The Morgan fingerprint density at radius 1 is 1.08 bits per heavy atom. The van der Waals surface area contributed by atoms with Crippen LogP contribution in [0.1, 0.15) is 48.1 Å². The van der Waals surface area contributed by atoms with Crippen molar-refractivity contribution in [2.24, 2.45) is 11.7 Å². The maximum atomic E-state index is 14.0. The molecule has 0 spiro atoms. The molecule has 1 atom stereocenters. The lowest BCUT2D eigenvalue weighted by atomic mass is 9.98. The first kappa shape index (κ1) is 26.5. The average Bonchev–Trinajstić information content (AvgIpc) is 2.88. The predicted molar refractivity (Wildman–Crippen MR) is 145 cm³/mol. The van der Waals surface area contributed by atoms with Gasteiger partial charge in [-0.1, -0.05) is 61.8 Å². The van der Waals surface area contributed by atoms with Crippen LogP contribution in [0.3, 0.4) is 0 Å². The van der Waals surface area contributed by atoms with E-state index in [1.54, 1.807) is 33.7 Å². The second kappa shape index (κ2) is 11.7. The number of rotatable bonds is 9. The second-order valence-electron chi connectivity index (χ2n) is 9.35. The average molecular weight is 521 g/mol. The molecule has 0 aliphatic heterocycles. The van der Waals surface area contributed by atoms with Crippen LogP contribution in [0.25, 0.3) is 10.9 Å². The Hall–Kier alpha value is -3.55. The number of hydrogen-bond donors (Lipinski definition) is 1. The number of carbonyl (C=O) groups excluding carboxylic acids is 1. The van der Waals surface area contributed by atoms with Crippen molar-refractivity contribution in [3.8, 4) is 0 Å². The number of halogens is 2. The Morgan fingerprint density at radius 2 is 1.84 bits per heavy atom. The molecule has 0 unspecified atom stereocenters. The zero-order chi connectivity index (χ0) is 26.5. The van der Waals surface area contributed by atoms with Gasteiger partial charge >= 0.3 is 0 Å². The van der Waals surface area contributed by atoms with Gasteiger partial charge in [-0.25, -0.2) is 9.37 Å². The van der Waals surface area contributed by atoms with E-state index < -0.39 is 11.9 Å². The summed E-state index contributed by atoms with van der Waals surface area (Å²) < 4.78 is 15.7. The van der Waals surface area contributed by atoms with Crippen molar-refractivity contribution in [3.05, 3.63) is 111 Å². The van der Waals surface area contributed by atoms with Crippen molar-refractivity contribution in [3.63, 3.8) is 0 Å². The molecule has 1 aromatic heterocycles. The molecular weight excluding hydrogens is 491 g/mol. The molecule has 1 heterocycles. The third-order valence-electron chi connectivity index (χ3n) is 6.30. The molecular formula is C29H30ClFN4O2. The maximum Gasteiger partial charge on any atom is 0.261 e. The molecule has 0 saturated carbocycles. The Labute approximate surface area is 220 Å². The number of nitrogens with zero attached hydrogens (tertiary/aromatic N) is 3. The van der Waals surface area contributed by atoms with Gasteiger partial charge in [0.15, 0.2) is 0 Å². The first-order valence-corrected chi connectivity index (χ1v) is 12.7. The van der Waals surface area contributed by atoms with E-state index in [9.17, 15) is 14.0 Å². The minimum atomic E-state index is -0.581. The van der Waals surface area contributed by atoms with E-state index in [2.05, 4.69) is 0 Å². The highest BCUT2D eigenvalue weighted by Crippen LogP contribution is 2.31.